The van der Waals surface area contributed by atoms with Gasteiger partial charge in [-0.05, 0) is 13.3 Å². The molecule has 2 rings (SSSR count). The molecule has 0 amide bonds. The Morgan fingerprint density at radius 3 is 2.94 bits per heavy atom. The van der Waals surface area contributed by atoms with Gasteiger partial charge in [0.05, 0.1) is 12.8 Å². The predicted molar refractivity (Wildman–Crippen MR) is 62.7 cm³/mol. The SMILES string of the molecule is CCc1nn(C2C=NN(CC)C2)ccc1=O. The molecule has 0 aliphatic carbocycles. The minimum atomic E-state index is 0.0148. The molecule has 2 heterocycles. The second kappa shape index (κ2) is 4.47. The van der Waals surface area contributed by atoms with Crippen LogP contribution < -0.4 is 5.43 Å². The van der Waals surface area contributed by atoms with Crippen molar-refractivity contribution in [2.24, 2.45) is 5.10 Å². The molecule has 0 aromatic carbocycles. The van der Waals surface area contributed by atoms with Gasteiger partial charge < -0.3 is 0 Å². The molecular formula is C11H16N4O. The van der Waals surface area contributed by atoms with Gasteiger partial charge >= 0.3 is 0 Å². The summed E-state index contributed by atoms with van der Waals surface area (Å²) < 4.78 is 1.82. The highest BCUT2D eigenvalue weighted by atomic mass is 16.1. The van der Waals surface area contributed by atoms with Crippen LogP contribution in [0.2, 0.25) is 0 Å². The average molecular weight is 220 g/mol. The summed E-state index contributed by atoms with van der Waals surface area (Å²) in [6.45, 7) is 5.73. The highest BCUT2D eigenvalue weighted by Crippen LogP contribution is 2.11. The van der Waals surface area contributed by atoms with Gasteiger partial charge in [0.2, 0.25) is 5.43 Å². The molecule has 1 atom stereocenters. The zero-order valence-corrected chi connectivity index (χ0v) is 9.63. The lowest BCUT2D eigenvalue weighted by molar-refractivity contribution is 0.303. The summed E-state index contributed by atoms with van der Waals surface area (Å²) in [7, 11) is 0. The number of hydrazone groups is 1. The molecule has 0 saturated heterocycles. The highest BCUT2D eigenvalue weighted by Gasteiger charge is 2.18. The minimum Gasteiger partial charge on any atom is -0.295 e. The van der Waals surface area contributed by atoms with Crippen molar-refractivity contribution < 1.29 is 0 Å². The van der Waals surface area contributed by atoms with Crippen molar-refractivity contribution in [3.63, 3.8) is 0 Å². The van der Waals surface area contributed by atoms with E-state index in [9.17, 15) is 4.79 Å². The Morgan fingerprint density at radius 2 is 2.31 bits per heavy atom. The van der Waals surface area contributed by atoms with E-state index in [0.717, 1.165) is 13.1 Å². The van der Waals surface area contributed by atoms with Crippen molar-refractivity contribution in [1.29, 1.82) is 0 Å². The van der Waals surface area contributed by atoms with Crippen LogP contribution in [0, 0.1) is 0 Å². The third kappa shape index (κ3) is 1.98. The van der Waals surface area contributed by atoms with Crippen LogP contribution in [0.4, 0.5) is 0 Å². The first-order valence-corrected chi connectivity index (χ1v) is 5.62. The maximum atomic E-state index is 11.4. The van der Waals surface area contributed by atoms with Crippen LogP contribution in [-0.4, -0.2) is 34.1 Å². The minimum absolute atomic E-state index is 0.0148. The fourth-order valence-electron chi connectivity index (χ4n) is 1.74. The van der Waals surface area contributed by atoms with E-state index in [2.05, 4.69) is 17.1 Å². The first-order chi connectivity index (χ1) is 7.74. The first kappa shape index (κ1) is 10.9. The van der Waals surface area contributed by atoms with Crippen LogP contribution in [0.15, 0.2) is 22.2 Å². The summed E-state index contributed by atoms with van der Waals surface area (Å²) in [5, 5.41) is 10.6. The fourth-order valence-corrected chi connectivity index (χ4v) is 1.74. The fraction of sp³-hybridized carbons (Fsp3) is 0.545. The number of nitrogens with zero attached hydrogens (tertiary/aromatic N) is 4. The Labute approximate surface area is 94.4 Å². The quantitative estimate of drug-likeness (QED) is 0.752. The molecule has 1 aliphatic rings. The average Bonchev–Trinajstić information content (AvgIpc) is 2.78. The van der Waals surface area contributed by atoms with Gasteiger partial charge in [-0.25, -0.2) is 0 Å². The van der Waals surface area contributed by atoms with E-state index < -0.39 is 0 Å². The standard InChI is InChI=1S/C11H16N4O/c1-3-10-11(16)5-6-15(13-10)9-7-12-14(4-2)8-9/h5-7,9H,3-4,8H2,1-2H3. The summed E-state index contributed by atoms with van der Waals surface area (Å²) >= 11 is 0. The molecule has 86 valence electrons. The van der Waals surface area contributed by atoms with Gasteiger partial charge in [-0.3, -0.25) is 14.5 Å². The monoisotopic (exact) mass is 220 g/mol. The van der Waals surface area contributed by atoms with E-state index in [4.69, 9.17) is 0 Å². The van der Waals surface area contributed by atoms with Gasteiger partial charge in [0.1, 0.15) is 11.7 Å². The largest absolute Gasteiger partial charge is 0.295 e. The van der Waals surface area contributed by atoms with Gasteiger partial charge in [0, 0.05) is 18.8 Å². The molecule has 1 unspecified atom stereocenters. The summed E-state index contributed by atoms with van der Waals surface area (Å²) in [6.07, 6.45) is 4.28. The molecular weight excluding hydrogens is 204 g/mol. The van der Waals surface area contributed by atoms with Crippen LogP contribution in [0.3, 0.4) is 0 Å². The van der Waals surface area contributed by atoms with E-state index in [1.807, 2.05) is 22.8 Å². The molecule has 0 saturated carbocycles. The Hall–Kier alpha value is -1.65. The number of aryl methyl sites for hydroxylation is 1. The van der Waals surface area contributed by atoms with Gasteiger partial charge in [-0.2, -0.15) is 10.2 Å². The summed E-state index contributed by atoms with van der Waals surface area (Å²) in [4.78, 5) is 11.4. The van der Waals surface area contributed by atoms with Crippen molar-refractivity contribution in [3.05, 3.63) is 28.2 Å². The lowest BCUT2D eigenvalue weighted by atomic mass is 10.3. The molecule has 16 heavy (non-hydrogen) atoms. The van der Waals surface area contributed by atoms with E-state index in [0.29, 0.717) is 12.1 Å². The molecule has 5 nitrogen and oxygen atoms in total. The molecule has 1 aromatic rings. The number of likely N-dealkylation sites (N-methyl/N-ethyl adjacent to an activating group) is 1. The lowest BCUT2D eigenvalue weighted by Crippen LogP contribution is -2.24. The van der Waals surface area contributed by atoms with Crippen molar-refractivity contribution >= 4 is 6.21 Å². The van der Waals surface area contributed by atoms with E-state index in [1.165, 1.54) is 0 Å². The number of rotatable bonds is 3. The van der Waals surface area contributed by atoms with Crippen LogP contribution in [0.25, 0.3) is 0 Å². The van der Waals surface area contributed by atoms with Gasteiger partial charge in [0.15, 0.2) is 0 Å². The molecule has 1 aliphatic heterocycles. The second-order valence-corrected chi connectivity index (χ2v) is 3.80. The second-order valence-electron chi connectivity index (χ2n) is 3.80. The van der Waals surface area contributed by atoms with Gasteiger partial charge in [-0.15, -0.1) is 0 Å². The zero-order valence-electron chi connectivity index (χ0n) is 9.63. The van der Waals surface area contributed by atoms with Gasteiger partial charge in [0.25, 0.3) is 0 Å². The zero-order chi connectivity index (χ0) is 11.5. The number of hydrogen-bond acceptors (Lipinski definition) is 4. The van der Waals surface area contributed by atoms with Crippen molar-refractivity contribution in [3.8, 4) is 0 Å². The summed E-state index contributed by atoms with van der Waals surface area (Å²) in [6, 6.07) is 1.72. The Bertz CT molecular complexity index is 452. The van der Waals surface area contributed by atoms with Crippen molar-refractivity contribution in [2.75, 3.05) is 13.1 Å². The van der Waals surface area contributed by atoms with Crippen LogP contribution in [-0.2, 0) is 6.42 Å². The third-order valence-corrected chi connectivity index (χ3v) is 2.74. The normalized spacial score (nSPS) is 19.4. The Kier molecular flexibility index (Phi) is 3.03. The van der Waals surface area contributed by atoms with Crippen LogP contribution in [0.1, 0.15) is 25.6 Å². The van der Waals surface area contributed by atoms with E-state index in [-0.39, 0.29) is 11.5 Å². The topological polar surface area (TPSA) is 50.5 Å². The summed E-state index contributed by atoms with van der Waals surface area (Å²) in [5.74, 6) is 0. The highest BCUT2D eigenvalue weighted by molar-refractivity contribution is 5.64. The molecule has 1 aromatic heterocycles. The lowest BCUT2D eigenvalue weighted by Gasteiger charge is -2.15. The van der Waals surface area contributed by atoms with Crippen molar-refractivity contribution in [1.82, 2.24) is 14.8 Å². The Morgan fingerprint density at radius 1 is 1.50 bits per heavy atom. The van der Waals surface area contributed by atoms with Gasteiger partial charge in [-0.1, -0.05) is 6.92 Å². The predicted octanol–water partition coefficient (Wildman–Crippen LogP) is 0.668. The first-order valence-electron chi connectivity index (χ1n) is 5.62. The molecule has 5 heteroatoms. The maximum absolute atomic E-state index is 11.4. The molecule has 0 radical (unpaired) electrons. The number of hydrogen-bond donors (Lipinski definition) is 0. The molecule has 0 spiro atoms. The van der Waals surface area contributed by atoms with Crippen molar-refractivity contribution in [2.45, 2.75) is 26.3 Å². The van der Waals surface area contributed by atoms with E-state index >= 15 is 0 Å². The smallest absolute Gasteiger partial charge is 0.203 e. The van der Waals surface area contributed by atoms with Crippen LogP contribution in [0.5, 0.6) is 0 Å². The number of aromatic nitrogens is 2. The Balaban J connectivity index is 2.23. The maximum Gasteiger partial charge on any atom is 0.203 e. The molecule has 0 bridgehead atoms. The molecule has 0 fully saturated rings. The molecule has 0 N–H and O–H groups in total. The third-order valence-electron chi connectivity index (χ3n) is 2.74. The summed E-state index contributed by atoms with van der Waals surface area (Å²) in [5.41, 5.74) is 0.631. The van der Waals surface area contributed by atoms with Crippen LogP contribution >= 0.6 is 0 Å². The van der Waals surface area contributed by atoms with E-state index in [1.54, 1.807) is 12.3 Å².